The molecule has 3 aromatic rings. The molecule has 7 nitrogen and oxygen atoms in total. The summed E-state index contributed by atoms with van der Waals surface area (Å²) in [6.45, 7) is 8.01. The first-order valence-corrected chi connectivity index (χ1v) is 10.8. The number of hydrogen-bond donors (Lipinski definition) is 1. The van der Waals surface area contributed by atoms with Gasteiger partial charge in [-0.1, -0.05) is 30.3 Å². The Balaban J connectivity index is 1.32. The minimum absolute atomic E-state index is 0.106. The van der Waals surface area contributed by atoms with Crippen LogP contribution < -0.4 is 10.5 Å². The van der Waals surface area contributed by atoms with Gasteiger partial charge in [-0.2, -0.15) is 0 Å². The Labute approximate surface area is 181 Å². The smallest absolute Gasteiger partial charge is 0.254 e. The monoisotopic (exact) mass is 417 g/mol. The van der Waals surface area contributed by atoms with Crippen LogP contribution in [0.1, 0.15) is 16.8 Å². The molecule has 2 unspecified atom stereocenters. The molecule has 2 fully saturated rings. The van der Waals surface area contributed by atoms with Crippen molar-refractivity contribution in [1.82, 2.24) is 19.9 Å². The van der Waals surface area contributed by atoms with Crippen molar-refractivity contribution in [2.45, 2.75) is 32.5 Å². The number of ether oxygens (including phenoxy) is 1. The van der Waals surface area contributed by atoms with E-state index < -0.39 is 0 Å². The molecule has 0 saturated carbocycles. The molecule has 7 heteroatoms. The van der Waals surface area contributed by atoms with E-state index in [9.17, 15) is 4.79 Å². The van der Waals surface area contributed by atoms with Gasteiger partial charge in [0.2, 0.25) is 0 Å². The molecule has 0 bridgehead atoms. The van der Waals surface area contributed by atoms with Gasteiger partial charge >= 0.3 is 0 Å². The summed E-state index contributed by atoms with van der Waals surface area (Å²) < 4.78 is 6.09. The summed E-state index contributed by atoms with van der Waals surface area (Å²) in [5, 5.41) is 0. The van der Waals surface area contributed by atoms with Gasteiger partial charge in [-0.25, -0.2) is 9.97 Å². The number of aromatic nitrogens is 3. The first-order valence-electron chi connectivity index (χ1n) is 10.8. The maximum atomic E-state index is 12.1. The molecule has 31 heavy (non-hydrogen) atoms. The second-order valence-electron chi connectivity index (χ2n) is 8.37. The summed E-state index contributed by atoms with van der Waals surface area (Å²) in [5.41, 5.74) is 3.42. The van der Waals surface area contributed by atoms with Crippen LogP contribution in [-0.2, 0) is 11.3 Å². The van der Waals surface area contributed by atoms with Gasteiger partial charge in [0.05, 0.1) is 18.8 Å². The number of nitrogens with one attached hydrogen (secondary N) is 1. The minimum Gasteiger partial charge on any atom is -0.373 e. The molecule has 2 saturated heterocycles. The van der Waals surface area contributed by atoms with Crippen LogP contribution in [0.3, 0.4) is 0 Å². The molecule has 2 aliphatic rings. The van der Waals surface area contributed by atoms with Gasteiger partial charge in [0.1, 0.15) is 11.6 Å². The highest BCUT2D eigenvalue weighted by Gasteiger charge is 2.40. The Morgan fingerprint density at radius 3 is 2.71 bits per heavy atom. The summed E-state index contributed by atoms with van der Waals surface area (Å²) in [4.78, 5) is 28.9. The van der Waals surface area contributed by atoms with E-state index in [-0.39, 0.29) is 11.7 Å². The van der Waals surface area contributed by atoms with Crippen molar-refractivity contribution in [3.8, 4) is 11.4 Å². The van der Waals surface area contributed by atoms with Crippen molar-refractivity contribution < 1.29 is 4.74 Å². The van der Waals surface area contributed by atoms with E-state index in [4.69, 9.17) is 4.74 Å². The van der Waals surface area contributed by atoms with Gasteiger partial charge in [-0.15, -0.1) is 0 Å². The average molecular weight is 418 g/mol. The van der Waals surface area contributed by atoms with E-state index in [0.29, 0.717) is 17.4 Å². The lowest BCUT2D eigenvalue weighted by Crippen LogP contribution is -2.50. The highest BCUT2D eigenvalue weighted by molar-refractivity contribution is 5.57. The molecule has 4 heterocycles. The van der Waals surface area contributed by atoms with Gasteiger partial charge < -0.3 is 14.6 Å². The molecule has 160 valence electrons. The van der Waals surface area contributed by atoms with Crippen molar-refractivity contribution in [2.75, 3.05) is 31.1 Å². The number of H-pyrrole nitrogens is 1. The quantitative estimate of drug-likeness (QED) is 0.703. The normalized spacial score (nSPS) is 21.3. The Morgan fingerprint density at radius 1 is 1.13 bits per heavy atom. The number of rotatable bonds is 4. The zero-order valence-corrected chi connectivity index (χ0v) is 17.9. The SMILES string of the molecule is Cc1nc(-c2ccc(N3CC4OCCN(Cc5ccccc5)C4C3)nc2)[nH]c(=O)c1C. The van der Waals surface area contributed by atoms with E-state index in [1.54, 1.807) is 13.1 Å². The van der Waals surface area contributed by atoms with Crippen LogP contribution in [0.5, 0.6) is 0 Å². The van der Waals surface area contributed by atoms with Crippen LogP contribution >= 0.6 is 0 Å². The third kappa shape index (κ3) is 3.98. The molecular weight excluding hydrogens is 390 g/mol. The topological polar surface area (TPSA) is 74.3 Å². The fourth-order valence-electron chi connectivity index (χ4n) is 4.45. The third-order valence-electron chi connectivity index (χ3n) is 6.38. The van der Waals surface area contributed by atoms with Crippen molar-refractivity contribution in [2.24, 2.45) is 0 Å². The third-order valence-corrected chi connectivity index (χ3v) is 6.38. The molecule has 2 aliphatic heterocycles. The standard InChI is InChI=1S/C24H27N5O2/c1-16-17(2)26-23(27-24(16)30)19-8-9-22(25-12-19)29-14-20-21(15-29)31-11-10-28(20)13-18-6-4-3-5-7-18/h3-9,12,20-21H,10-11,13-15H2,1-2H3,(H,26,27,30). The Kier molecular flexibility index (Phi) is 5.29. The highest BCUT2D eigenvalue weighted by Crippen LogP contribution is 2.28. The van der Waals surface area contributed by atoms with E-state index in [2.05, 4.69) is 55.1 Å². The zero-order valence-electron chi connectivity index (χ0n) is 17.9. The molecule has 0 spiro atoms. The molecule has 2 atom stereocenters. The predicted octanol–water partition coefficient (Wildman–Crippen LogP) is 2.54. The Morgan fingerprint density at radius 2 is 1.97 bits per heavy atom. The number of hydrogen-bond acceptors (Lipinski definition) is 6. The summed E-state index contributed by atoms with van der Waals surface area (Å²) in [7, 11) is 0. The second kappa shape index (κ2) is 8.24. The van der Waals surface area contributed by atoms with Crippen LogP contribution in [0.2, 0.25) is 0 Å². The Hall–Kier alpha value is -3.03. The van der Waals surface area contributed by atoms with Gasteiger partial charge in [0.15, 0.2) is 0 Å². The highest BCUT2D eigenvalue weighted by atomic mass is 16.5. The Bertz CT molecular complexity index is 1110. The molecule has 0 amide bonds. The number of benzene rings is 1. The fraction of sp³-hybridized carbons (Fsp3) is 0.375. The lowest BCUT2D eigenvalue weighted by atomic mass is 10.1. The molecule has 0 aliphatic carbocycles. The molecule has 2 aromatic heterocycles. The van der Waals surface area contributed by atoms with E-state index >= 15 is 0 Å². The van der Waals surface area contributed by atoms with Crippen LogP contribution in [0.15, 0.2) is 53.5 Å². The van der Waals surface area contributed by atoms with Crippen molar-refractivity contribution in [1.29, 1.82) is 0 Å². The minimum atomic E-state index is -0.106. The lowest BCUT2D eigenvalue weighted by molar-refractivity contribution is -0.0499. The lowest BCUT2D eigenvalue weighted by Gasteiger charge is -2.36. The van der Waals surface area contributed by atoms with Gasteiger partial charge in [-0.05, 0) is 31.5 Å². The second-order valence-corrected chi connectivity index (χ2v) is 8.37. The largest absolute Gasteiger partial charge is 0.373 e. The van der Waals surface area contributed by atoms with Crippen molar-refractivity contribution >= 4 is 5.82 Å². The van der Waals surface area contributed by atoms with Crippen molar-refractivity contribution in [3.63, 3.8) is 0 Å². The van der Waals surface area contributed by atoms with Gasteiger partial charge in [0.25, 0.3) is 5.56 Å². The first-order chi connectivity index (χ1) is 15.1. The van der Waals surface area contributed by atoms with E-state index in [0.717, 1.165) is 49.9 Å². The number of nitrogens with zero attached hydrogens (tertiary/aromatic N) is 4. The summed E-state index contributed by atoms with van der Waals surface area (Å²) >= 11 is 0. The molecule has 0 radical (unpaired) electrons. The van der Waals surface area contributed by atoms with Gasteiger partial charge in [0, 0.05) is 49.2 Å². The zero-order chi connectivity index (χ0) is 21.4. The van der Waals surface area contributed by atoms with E-state index in [1.165, 1.54) is 5.56 Å². The van der Waals surface area contributed by atoms with Crippen LogP contribution in [0.25, 0.3) is 11.4 Å². The maximum Gasteiger partial charge on any atom is 0.254 e. The number of fused-ring (bicyclic) bond motifs is 1. The number of aromatic amines is 1. The molecular formula is C24H27N5O2. The summed E-state index contributed by atoms with van der Waals surface area (Å²) in [6.07, 6.45) is 1.98. The van der Waals surface area contributed by atoms with Crippen molar-refractivity contribution in [3.05, 3.63) is 75.8 Å². The van der Waals surface area contributed by atoms with Crippen LogP contribution in [0.4, 0.5) is 5.82 Å². The molecule has 1 N–H and O–H groups in total. The fourth-order valence-corrected chi connectivity index (χ4v) is 4.45. The molecule has 5 rings (SSSR count). The number of aryl methyl sites for hydroxylation is 1. The number of anilines is 1. The van der Waals surface area contributed by atoms with E-state index in [1.807, 2.05) is 19.1 Å². The maximum absolute atomic E-state index is 12.1. The number of pyridine rings is 1. The number of morpholine rings is 1. The first kappa shape index (κ1) is 19.9. The predicted molar refractivity (Wildman–Crippen MR) is 120 cm³/mol. The van der Waals surface area contributed by atoms with Crippen LogP contribution in [-0.4, -0.2) is 58.2 Å². The summed E-state index contributed by atoms with van der Waals surface area (Å²) in [6, 6.07) is 14.9. The average Bonchev–Trinajstić information content (AvgIpc) is 3.23. The summed E-state index contributed by atoms with van der Waals surface area (Å²) in [5.74, 6) is 1.48. The van der Waals surface area contributed by atoms with Crippen LogP contribution in [0, 0.1) is 13.8 Å². The molecule has 1 aromatic carbocycles. The van der Waals surface area contributed by atoms with Gasteiger partial charge in [-0.3, -0.25) is 9.69 Å².